The number of nitrogens with two attached hydrogens (primary N) is 1. The third-order valence-electron chi connectivity index (χ3n) is 4.70. The molecule has 2 heteroatoms. The smallest absolute Gasteiger partial charge is 0.0238 e. The van der Waals surface area contributed by atoms with Crippen molar-refractivity contribution in [1.82, 2.24) is 5.43 Å². The first kappa shape index (κ1) is 15.7. The third-order valence-corrected chi connectivity index (χ3v) is 4.70. The van der Waals surface area contributed by atoms with Crippen LogP contribution in [0.5, 0.6) is 0 Å². The normalized spacial score (nSPS) is 26.9. The first-order chi connectivity index (χ1) is 8.49. The third kappa shape index (κ3) is 4.74. The van der Waals surface area contributed by atoms with Crippen molar-refractivity contribution in [2.45, 2.75) is 71.8 Å². The van der Waals surface area contributed by atoms with Gasteiger partial charge in [0.05, 0.1) is 0 Å². The average Bonchev–Trinajstić information content (AvgIpc) is 2.34. The van der Waals surface area contributed by atoms with E-state index in [2.05, 4.69) is 32.8 Å². The predicted octanol–water partition coefficient (Wildman–Crippen LogP) is 4.03. The number of hydrogen-bond acceptors (Lipinski definition) is 2. The molecule has 0 aliphatic heterocycles. The van der Waals surface area contributed by atoms with Crippen LogP contribution in [0, 0.1) is 17.3 Å². The summed E-state index contributed by atoms with van der Waals surface area (Å²) in [7, 11) is 0. The zero-order valence-corrected chi connectivity index (χ0v) is 12.5. The molecule has 1 rings (SSSR count). The molecule has 0 heterocycles. The Bertz CT molecular complexity index is 234. The summed E-state index contributed by atoms with van der Waals surface area (Å²) in [5.41, 5.74) is 3.52. The van der Waals surface area contributed by atoms with Crippen LogP contribution in [0.15, 0.2) is 12.7 Å². The minimum absolute atomic E-state index is 0.472. The molecular formula is C16H32N2. The van der Waals surface area contributed by atoms with Gasteiger partial charge in [-0.25, -0.2) is 0 Å². The molecule has 0 aromatic rings. The van der Waals surface area contributed by atoms with Gasteiger partial charge in [0, 0.05) is 6.04 Å². The van der Waals surface area contributed by atoms with Gasteiger partial charge >= 0.3 is 0 Å². The minimum Gasteiger partial charge on any atom is -0.271 e. The second-order valence-electron chi connectivity index (χ2n) is 6.97. The molecule has 3 N–H and O–H groups in total. The maximum atomic E-state index is 5.73. The summed E-state index contributed by atoms with van der Waals surface area (Å²) in [5.74, 6) is 7.40. The van der Waals surface area contributed by atoms with Gasteiger partial charge in [-0.05, 0) is 62.2 Å². The number of nitrogens with one attached hydrogen (secondary N) is 1. The van der Waals surface area contributed by atoms with Gasteiger partial charge in [0.15, 0.2) is 0 Å². The van der Waals surface area contributed by atoms with E-state index < -0.39 is 0 Å². The Morgan fingerprint density at radius 1 is 1.28 bits per heavy atom. The van der Waals surface area contributed by atoms with Gasteiger partial charge in [0.2, 0.25) is 0 Å². The van der Waals surface area contributed by atoms with Gasteiger partial charge < -0.3 is 0 Å². The fourth-order valence-corrected chi connectivity index (χ4v) is 3.32. The van der Waals surface area contributed by atoms with E-state index in [-0.39, 0.29) is 0 Å². The Hall–Kier alpha value is -0.340. The number of rotatable bonds is 6. The van der Waals surface area contributed by atoms with Crippen LogP contribution in [0.4, 0.5) is 0 Å². The van der Waals surface area contributed by atoms with E-state index in [0.717, 1.165) is 18.3 Å². The highest BCUT2D eigenvalue weighted by molar-refractivity contribution is 4.85. The highest BCUT2D eigenvalue weighted by Gasteiger charge is 2.32. The van der Waals surface area contributed by atoms with Crippen LogP contribution >= 0.6 is 0 Å². The summed E-state index contributed by atoms with van der Waals surface area (Å²) in [6, 6.07) is 0.505. The Balaban J connectivity index is 2.37. The minimum atomic E-state index is 0.472. The molecule has 1 aliphatic carbocycles. The summed E-state index contributed by atoms with van der Waals surface area (Å²) in [6.07, 6.45) is 10.9. The second kappa shape index (κ2) is 7.30. The lowest BCUT2D eigenvalue weighted by Crippen LogP contribution is -2.43. The molecule has 106 valence electrons. The fourth-order valence-electron chi connectivity index (χ4n) is 3.32. The number of unbranched alkanes of at least 4 members (excludes halogenated alkanes) is 1. The summed E-state index contributed by atoms with van der Waals surface area (Å²) in [4.78, 5) is 0. The number of hydrogen-bond donors (Lipinski definition) is 2. The van der Waals surface area contributed by atoms with Crippen LogP contribution in [0.2, 0.25) is 0 Å². The van der Waals surface area contributed by atoms with Crippen molar-refractivity contribution in [3.05, 3.63) is 12.7 Å². The van der Waals surface area contributed by atoms with Gasteiger partial charge in [0.25, 0.3) is 0 Å². The van der Waals surface area contributed by atoms with E-state index >= 15 is 0 Å². The molecule has 0 aromatic heterocycles. The molecule has 1 unspecified atom stereocenters. The molecule has 18 heavy (non-hydrogen) atoms. The van der Waals surface area contributed by atoms with Crippen LogP contribution in [0.1, 0.15) is 65.7 Å². The quantitative estimate of drug-likeness (QED) is 0.324. The average molecular weight is 252 g/mol. The molecule has 1 aliphatic rings. The SMILES string of the molecule is C=CCCCC(NN)C1CCC(C(C)(C)C)CC1. The van der Waals surface area contributed by atoms with Gasteiger partial charge in [-0.15, -0.1) is 6.58 Å². The van der Waals surface area contributed by atoms with Crippen LogP contribution in [-0.2, 0) is 0 Å². The summed E-state index contributed by atoms with van der Waals surface area (Å²) < 4.78 is 0. The molecule has 0 amide bonds. The first-order valence-electron chi connectivity index (χ1n) is 7.56. The van der Waals surface area contributed by atoms with Gasteiger partial charge in [-0.2, -0.15) is 0 Å². The highest BCUT2D eigenvalue weighted by Crippen LogP contribution is 2.41. The first-order valence-corrected chi connectivity index (χ1v) is 7.56. The van der Waals surface area contributed by atoms with E-state index in [0.29, 0.717) is 11.5 Å². The van der Waals surface area contributed by atoms with Crippen LogP contribution in [0.25, 0.3) is 0 Å². The van der Waals surface area contributed by atoms with Crippen LogP contribution < -0.4 is 11.3 Å². The number of hydrazine groups is 1. The number of allylic oxidation sites excluding steroid dienone is 1. The van der Waals surface area contributed by atoms with Crippen LogP contribution in [0.3, 0.4) is 0 Å². The van der Waals surface area contributed by atoms with E-state index in [1.807, 2.05) is 6.08 Å². The zero-order chi connectivity index (χ0) is 13.6. The Kier molecular flexibility index (Phi) is 6.37. The molecule has 1 saturated carbocycles. The van der Waals surface area contributed by atoms with E-state index in [4.69, 9.17) is 5.84 Å². The highest BCUT2D eigenvalue weighted by atomic mass is 15.2. The monoisotopic (exact) mass is 252 g/mol. The molecule has 0 saturated heterocycles. The lowest BCUT2D eigenvalue weighted by atomic mass is 9.68. The van der Waals surface area contributed by atoms with Crippen molar-refractivity contribution < 1.29 is 0 Å². The summed E-state index contributed by atoms with van der Waals surface area (Å²) in [6.45, 7) is 10.9. The van der Waals surface area contributed by atoms with Crippen molar-refractivity contribution >= 4 is 0 Å². The summed E-state index contributed by atoms with van der Waals surface area (Å²) >= 11 is 0. The molecule has 1 fully saturated rings. The summed E-state index contributed by atoms with van der Waals surface area (Å²) in [5, 5.41) is 0. The largest absolute Gasteiger partial charge is 0.271 e. The van der Waals surface area contributed by atoms with Crippen molar-refractivity contribution in [3.63, 3.8) is 0 Å². The van der Waals surface area contributed by atoms with Gasteiger partial charge in [0.1, 0.15) is 0 Å². The molecule has 0 radical (unpaired) electrons. The maximum Gasteiger partial charge on any atom is 0.0238 e. The van der Waals surface area contributed by atoms with Crippen molar-refractivity contribution in [3.8, 4) is 0 Å². The maximum absolute atomic E-state index is 5.73. The van der Waals surface area contributed by atoms with Crippen molar-refractivity contribution in [2.75, 3.05) is 0 Å². The lowest BCUT2D eigenvalue weighted by molar-refractivity contribution is 0.130. The van der Waals surface area contributed by atoms with Crippen molar-refractivity contribution in [1.29, 1.82) is 0 Å². The zero-order valence-electron chi connectivity index (χ0n) is 12.5. The molecule has 0 aromatic carbocycles. The Labute approximate surface area is 113 Å². The van der Waals surface area contributed by atoms with Crippen molar-refractivity contribution in [2.24, 2.45) is 23.1 Å². The molecule has 1 atom stereocenters. The lowest BCUT2D eigenvalue weighted by Gasteiger charge is -2.39. The van der Waals surface area contributed by atoms with Gasteiger partial charge in [-0.3, -0.25) is 11.3 Å². The molecule has 2 nitrogen and oxygen atoms in total. The Morgan fingerprint density at radius 2 is 1.89 bits per heavy atom. The molecule has 0 bridgehead atoms. The standard InChI is InChI=1S/C16H32N2/c1-5-6-7-8-15(18-17)13-9-11-14(12-10-13)16(2,3)4/h5,13-15,18H,1,6-12,17H2,2-4H3. The van der Waals surface area contributed by atoms with E-state index in [1.165, 1.54) is 38.5 Å². The predicted molar refractivity (Wildman–Crippen MR) is 80.1 cm³/mol. The van der Waals surface area contributed by atoms with Gasteiger partial charge in [-0.1, -0.05) is 26.8 Å². The van der Waals surface area contributed by atoms with E-state index in [1.54, 1.807) is 0 Å². The topological polar surface area (TPSA) is 38.0 Å². The molecule has 0 spiro atoms. The molecular weight excluding hydrogens is 220 g/mol. The Morgan fingerprint density at radius 3 is 2.33 bits per heavy atom. The fraction of sp³-hybridized carbons (Fsp3) is 0.875. The second-order valence-corrected chi connectivity index (χ2v) is 6.97. The van der Waals surface area contributed by atoms with Crippen LogP contribution in [-0.4, -0.2) is 6.04 Å². The van der Waals surface area contributed by atoms with E-state index in [9.17, 15) is 0 Å².